The lowest BCUT2D eigenvalue weighted by molar-refractivity contribution is -0.123. The monoisotopic (exact) mass is 296 g/mol. The minimum absolute atomic E-state index is 0.0264. The molecular formula is C13H16N2O4S. The number of hydrogen-bond donors (Lipinski definition) is 1. The highest BCUT2D eigenvalue weighted by Gasteiger charge is 2.27. The Labute approximate surface area is 117 Å². The van der Waals surface area contributed by atoms with E-state index in [2.05, 4.69) is 5.32 Å². The third-order valence-electron chi connectivity index (χ3n) is 3.16. The Balaban J connectivity index is 2.38. The van der Waals surface area contributed by atoms with Gasteiger partial charge in [-0.2, -0.15) is 0 Å². The molecule has 7 heteroatoms. The molecule has 1 aromatic carbocycles. The topological polar surface area (TPSA) is 83.6 Å². The third-order valence-corrected chi connectivity index (χ3v) is 4.94. The molecule has 0 radical (unpaired) electrons. The lowest BCUT2D eigenvalue weighted by atomic mass is 10.2. The fourth-order valence-corrected chi connectivity index (χ4v) is 3.14. The van der Waals surface area contributed by atoms with Crippen LogP contribution >= 0.6 is 0 Å². The summed E-state index contributed by atoms with van der Waals surface area (Å²) in [7, 11) is -3.47. The van der Waals surface area contributed by atoms with Crippen molar-refractivity contribution in [2.45, 2.75) is 11.8 Å². The van der Waals surface area contributed by atoms with Crippen molar-refractivity contribution in [3.63, 3.8) is 0 Å². The summed E-state index contributed by atoms with van der Waals surface area (Å²) in [4.78, 5) is 25.1. The molecule has 1 heterocycles. The lowest BCUT2D eigenvalue weighted by Crippen LogP contribution is -2.50. The molecule has 0 saturated carbocycles. The van der Waals surface area contributed by atoms with Crippen molar-refractivity contribution in [3.05, 3.63) is 29.8 Å². The SMILES string of the molecule is CCS(=O)(=O)c1ccccc1C(=O)N1CCNC(=O)C1. The molecule has 1 aliphatic heterocycles. The normalized spacial score (nSPS) is 15.8. The largest absolute Gasteiger partial charge is 0.353 e. The number of nitrogens with one attached hydrogen (secondary N) is 1. The first-order chi connectivity index (χ1) is 9.45. The zero-order valence-electron chi connectivity index (χ0n) is 11.1. The molecule has 2 amide bonds. The molecule has 0 spiro atoms. The van der Waals surface area contributed by atoms with Gasteiger partial charge in [0.1, 0.15) is 0 Å². The van der Waals surface area contributed by atoms with Gasteiger partial charge >= 0.3 is 0 Å². The summed E-state index contributed by atoms with van der Waals surface area (Å²) >= 11 is 0. The van der Waals surface area contributed by atoms with Crippen molar-refractivity contribution < 1.29 is 18.0 Å². The molecule has 0 bridgehead atoms. The summed E-state index contributed by atoms with van der Waals surface area (Å²) in [5, 5.41) is 2.62. The second-order valence-electron chi connectivity index (χ2n) is 4.48. The summed E-state index contributed by atoms with van der Waals surface area (Å²) in [6.07, 6.45) is 0. The van der Waals surface area contributed by atoms with E-state index < -0.39 is 15.7 Å². The summed E-state index contributed by atoms with van der Waals surface area (Å²) < 4.78 is 24.0. The minimum Gasteiger partial charge on any atom is -0.353 e. The van der Waals surface area contributed by atoms with Crippen molar-refractivity contribution in [3.8, 4) is 0 Å². The molecule has 1 saturated heterocycles. The molecular weight excluding hydrogens is 280 g/mol. The first-order valence-electron chi connectivity index (χ1n) is 6.33. The Bertz CT molecular complexity index is 640. The standard InChI is InChI=1S/C13H16N2O4S/c1-2-20(18,19)11-6-4-3-5-10(11)13(17)15-8-7-14-12(16)9-15/h3-6H,2,7-9H2,1H3,(H,14,16). The number of carbonyl (C=O) groups is 2. The van der Waals surface area contributed by atoms with Crippen molar-refractivity contribution >= 4 is 21.7 Å². The number of nitrogens with zero attached hydrogens (tertiary/aromatic N) is 1. The van der Waals surface area contributed by atoms with Gasteiger partial charge in [-0.3, -0.25) is 9.59 Å². The van der Waals surface area contributed by atoms with Crippen LogP contribution in [0.2, 0.25) is 0 Å². The van der Waals surface area contributed by atoms with E-state index in [1.165, 1.54) is 24.0 Å². The Morgan fingerprint density at radius 2 is 2.05 bits per heavy atom. The Hall–Kier alpha value is -1.89. The second kappa shape index (κ2) is 5.62. The van der Waals surface area contributed by atoms with Crippen LogP contribution < -0.4 is 5.32 Å². The van der Waals surface area contributed by atoms with E-state index in [1.807, 2.05) is 0 Å². The lowest BCUT2D eigenvalue weighted by Gasteiger charge is -2.27. The summed E-state index contributed by atoms with van der Waals surface area (Å²) in [6, 6.07) is 6.11. The maximum Gasteiger partial charge on any atom is 0.255 e. The number of amides is 2. The zero-order chi connectivity index (χ0) is 14.8. The molecule has 1 fully saturated rings. The molecule has 0 atom stereocenters. The highest BCUT2D eigenvalue weighted by molar-refractivity contribution is 7.91. The smallest absolute Gasteiger partial charge is 0.255 e. The van der Waals surface area contributed by atoms with Crippen LogP contribution in [-0.2, 0) is 14.6 Å². The Kier molecular flexibility index (Phi) is 4.08. The van der Waals surface area contributed by atoms with E-state index >= 15 is 0 Å². The maximum atomic E-state index is 12.4. The number of carbonyl (C=O) groups excluding carboxylic acids is 2. The molecule has 1 aromatic rings. The predicted molar refractivity (Wildman–Crippen MR) is 73.1 cm³/mol. The fraction of sp³-hybridized carbons (Fsp3) is 0.385. The molecule has 0 unspecified atom stereocenters. The van der Waals surface area contributed by atoms with Crippen LogP contribution in [0.25, 0.3) is 0 Å². The van der Waals surface area contributed by atoms with Gasteiger partial charge in [0, 0.05) is 13.1 Å². The Morgan fingerprint density at radius 1 is 1.35 bits per heavy atom. The van der Waals surface area contributed by atoms with E-state index in [0.717, 1.165) is 0 Å². The first kappa shape index (κ1) is 14.5. The van der Waals surface area contributed by atoms with Gasteiger partial charge in [-0.15, -0.1) is 0 Å². The number of benzene rings is 1. The third kappa shape index (κ3) is 2.82. The molecule has 0 aliphatic carbocycles. The first-order valence-corrected chi connectivity index (χ1v) is 7.98. The van der Waals surface area contributed by atoms with Crippen LogP contribution in [0.1, 0.15) is 17.3 Å². The summed E-state index contributed by atoms with van der Waals surface area (Å²) in [5.41, 5.74) is 0.129. The van der Waals surface area contributed by atoms with Gasteiger partial charge in [-0.25, -0.2) is 8.42 Å². The molecule has 1 aliphatic rings. The average Bonchev–Trinajstić information content (AvgIpc) is 2.46. The fourth-order valence-electron chi connectivity index (χ4n) is 2.05. The van der Waals surface area contributed by atoms with Gasteiger partial charge in [0.15, 0.2) is 9.84 Å². The van der Waals surface area contributed by atoms with E-state index in [1.54, 1.807) is 12.1 Å². The number of piperazine rings is 1. The summed E-state index contributed by atoms with van der Waals surface area (Å²) in [6.45, 7) is 2.25. The van der Waals surface area contributed by atoms with E-state index in [4.69, 9.17) is 0 Å². The minimum atomic E-state index is -3.47. The molecule has 6 nitrogen and oxygen atoms in total. The van der Waals surface area contributed by atoms with Gasteiger partial charge < -0.3 is 10.2 Å². The highest BCUT2D eigenvalue weighted by Crippen LogP contribution is 2.19. The van der Waals surface area contributed by atoms with Crippen molar-refractivity contribution in [1.29, 1.82) is 0 Å². The van der Waals surface area contributed by atoms with Crippen molar-refractivity contribution in [2.24, 2.45) is 0 Å². The van der Waals surface area contributed by atoms with Gasteiger partial charge in [-0.1, -0.05) is 19.1 Å². The number of sulfone groups is 1. The molecule has 108 valence electrons. The number of hydrogen-bond acceptors (Lipinski definition) is 4. The average molecular weight is 296 g/mol. The van der Waals surface area contributed by atoms with Crippen LogP contribution in [-0.4, -0.2) is 50.5 Å². The van der Waals surface area contributed by atoms with E-state index in [0.29, 0.717) is 13.1 Å². The van der Waals surface area contributed by atoms with Crippen LogP contribution in [0.15, 0.2) is 29.2 Å². The van der Waals surface area contributed by atoms with Crippen LogP contribution in [0.5, 0.6) is 0 Å². The van der Waals surface area contributed by atoms with Gasteiger partial charge in [0.05, 0.1) is 22.8 Å². The van der Waals surface area contributed by atoms with E-state index in [9.17, 15) is 18.0 Å². The number of rotatable bonds is 3. The van der Waals surface area contributed by atoms with Gasteiger partial charge in [0.25, 0.3) is 5.91 Å². The molecule has 1 N–H and O–H groups in total. The molecule has 2 rings (SSSR count). The molecule has 20 heavy (non-hydrogen) atoms. The zero-order valence-corrected chi connectivity index (χ0v) is 11.9. The van der Waals surface area contributed by atoms with Crippen molar-refractivity contribution in [1.82, 2.24) is 10.2 Å². The molecule has 0 aromatic heterocycles. The highest BCUT2D eigenvalue weighted by atomic mass is 32.2. The van der Waals surface area contributed by atoms with E-state index in [-0.39, 0.29) is 28.7 Å². The van der Waals surface area contributed by atoms with Gasteiger partial charge in [-0.05, 0) is 12.1 Å². The summed E-state index contributed by atoms with van der Waals surface area (Å²) in [5.74, 6) is -0.731. The quantitative estimate of drug-likeness (QED) is 0.854. The predicted octanol–water partition coefficient (Wildman–Crippen LogP) is 0.0522. The van der Waals surface area contributed by atoms with Crippen LogP contribution in [0.3, 0.4) is 0 Å². The second-order valence-corrected chi connectivity index (χ2v) is 6.72. The Morgan fingerprint density at radius 3 is 2.70 bits per heavy atom. The van der Waals surface area contributed by atoms with Crippen LogP contribution in [0.4, 0.5) is 0 Å². The maximum absolute atomic E-state index is 12.4. The van der Waals surface area contributed by atoms with Crippen molar-refractivity contribution in [2.75, 3.05) is 25.4 Å². The van der Waals surface area contributed by atoms with Gasteiger partial charge in [0.2, 0.25) is 5.91 Å². The van der Waals surface area contributed by atoms with Crippen LogP contribution in [0, 0.1) is 0 Å².